The Labute approximate surface area is 102 Å². The first-order valence-electron chi connectivity index (χ1n) is 4.70. The summed E-state index contributed by atoms with van der Waals surface area (Å²) in [6, 6.07) is 5.15. The van der Waals surface area contributed by atoms with Gasteiger partial charge >= 0.3 is 6.18 Å². The van der Waals surface area contributed by atoms with E-state index in [0.29, 0.717) is 11.6 Å². The van der Waals surface area contributed by atoms with Crippen LogP contribution in [-0.4, -0.2) is 26.6 Å². The van der Waals surface area contributed by atoms with Crippen LogP contribution in [0.2, 0.25) is 0 Å². The number of ketones is 1. The van der Waals surface area contributed by atoms with Crippen molar-refractivity contribution >= 4 is 21.7 Å². The first-order chi connectivity index (χ1) is 8.10. The summed E-state index contributed by atoms with van der Waals surface area (Å²) in [5.41, 5.74) is 0.306. The van der Waals surface area contributed by atoms with Gasteiger partial charge in [-0.25, -0.2) is 8.42 Å². The molecule has 0 aliphatic carbocycles. The summed E-state index contributed by atoms with van der Waals surface area (Å²) in [5.74, 6) is -1.96. The molecule has 0 aliphatic heterocycles. The summed E-state index contributed by atoms with van der Waals surface area (Å²) < 4.78 is 57.9. The summed E-state index contributed by atoms with van der Waals surface area (Å²) >= 11 is 0. The number of alkyl halides is 3. The van der Waals surface area contributed by atoms with Crippen molar-refractivity contribution in [1.29, 1.82) is 0 Å². The van der Waals surface area contributed by atoms with Gasteiger partial charge in [-0.15, -0.1) is 0 Å². The van der Waals surface area contributed by atoms with Crippen LogP contribution in [0.25, 0.3) is 6.08 Å². The van der Waals surface area contributed by atoms with Gasteiger partial charge in [0.15, 0.2) is 9.84 Å². The Morgan fingerprint density at radius 1 is 1.17 bits per heavy atom. The van der Waals surface area contributed by atoms with E-state index in [2.05, 4.69) is 0 Å². The molecule has 98 valence electrons. The number of halogens is 3. The molecule has 7 heteroatoms. The normalized spacial score (nSPS) is 12.9. The van der Waals surface area contributed by atoms with Gasteiger partial charge in [0, 0.05) is 6.26 Å². The van der Waals surface area contributed by atoms with E-state index < -0.39 is 21.8 Å². The molecule has 0 aliphatic rings. The second kappa shape index (κ2) is 4.93. The lowest BCUT2D eigenvalue weighted by atomic mass is 10.2. The molecule has 0 amide bonds. The first-order valence-corrected chi connectivity index (χ1v) is 6.59. The number of rotatable bonds is 3. The maximum Gasteiger partial charge on any atom is 0.454 e. The van der Waals surface area contributed by atoms with Gasteiger partial charge in [-0.3, -0.25) is 4.79 Å². The Hall–Kier alpha value is -1.63. The van der Waals surface area contributed by atoms with E-state index in [1.54, 1.807) is 0 Å². The van der Waals surface area contributed by atoms with Crippen LogP contribution in [-0.2, 0) is 14.6 Å². The van der Waals surface area contributed by atoms with E-state index >= 15 is 0 Å². The van der Waals surface area contributed by atoms with Crippen LogP contribution < -0.4 is 0 Å². The predicted molar refractivity (Wildman–Crippen MR) is 59.6 cm³/mol. The third-order valence-electron chi connectivity index (χ3n) is 2.01. The second-order valence-corrected chi connectivity index (χ2v) is 5.55. The molecule has 0 N–H and O–H groups in total. The van der Waals surface area contributed by atoms with Crippen LogP contribution in [0.3, 0.4) is 0 Å². The van der Waals surface area contributed by atoms with Gasteiger partial charge in [0.2, 0.25) is 0 Å². The molecule has 0 radical (unpaired) electrons. The van der Waals surface area contributed by atoms with E-state index in [0.717, 1.165) is 12.3 Å². The van der Waals surface area contributed by atoms with E-state index in [1.807, 2.05) is 0 Å². The van der Waals surface area contributed by atoms with E-state index in [4.69, 9.17) is 0 Å². The summed E-state index contributed by atoms with van der Waals surface area (Å²) in [5, 5.41) is 0. The van der Waals surface area contributed by atoms with Gasteiger partial charge in [0.25, 0.3) is 5.78 Å². The number of carbonyl (C=O) groups is 1. The van der Waals surface area contributed by atoms with Crippen LogP contribution in [0.5, 0.6) is 0 Å². The summed E-state index contributed by atoms with van der Waals surface area (Å²) in [6.07, 6.45) is -2.51. The van der Waals surface area contributed by atoms with Crippen molar-refractivity contribution in [3.05, 3.63) is 35.9 Å². The van der Waals surface area contributed by atoms with Crippen LogP contribution in [0.4, 0.5) is 13.2 Å². The topological polar surface area (TPSA) is 51.2 Å². The van der Waals surface area contributed by atoms with Crippen molar-refractivity contribution in [2.24, 2.45) is 0 Å². The Morgan fingerprint density at radius 2 is 1.67 bits per heavy atom. The Kier molecular flexibility index (Phi) is 3.95. The molecular formula is C11H9F3O3S. The van der Waals surface area contributed by atoms with E-state index in [9.17, 15) is 26.4 Å². The number of carbonyl (C=O) groups excluding carboxylic acids is 1. The average Bonchev–Trinajstić information content (AvgIpc) is 2.24. The molecule has 0 bridgehead atoms. The lowest BCUT2D eigenvalue weighted by Gasteiger charge is -2.00. The summed E-state index contributed by atoms with van der Waals surface area (Å²) in [7, 11) is -3.35. The number of allylic oxidation sites excluding steroid dienone is 1. The molecule has 0 fully saturated rings. The maximum atomic E-state index is 11.9. The van der Waals surface area contributed by atoms with Crippen LogP contribution in [0.1, 0.15) is 5.56 Å². The third kappa shape index (κ3) is 3.99. The number of hydrogen-bond acceptors (Lipinski definition) is 3. The second-order valence-electron chi connectivity index (χ2n) is 3.54. The zero-order chi connectivity index (χ0) is 14.0. The maximum absolute atomic E-state index is 11.9. The van der Waals surface area contributed by atoms with Crippen LogP contribution in [0.15, 0.2) is 35.2 Å². The number of sulfone groups is 1. The predicted octanol–water partition coefficient (Wildman–Crippen LogP) is 2.23. The van der Waals surface area contributed by atoms with Crippen molar-refractivity contribution < 1.29 is 26.4 Å². The summed E-state index contributed by atoms with van der Waals surface area (Å²) in [4.78, 5) is 10.6. The molecule has 1 aromatic carbocycles. The highest BCUT2D eigenvalue weighted by molar-refractivity contribution is 7.90. The molecule has 1 rings (SSSR count). The lowest BCUT2D eigenvalue weighted by molar-refractivity contribution is -0.165. The molecule has 0 spiro atoms. The molecule has 0 saturated carbocycles. The van der Waals surface area contributed by atoms with Gasteiger partial charge < -0.3 is 0 Å². The quantitative estimate of drug-likeness (QED) is 0.797. The smallest absolute Gasteiger partial charge is 0.285 e. The minimum atomic E-state index is -4.90. The molecule has 0 atom stereocenters. The first kappa shape index (κ1) is 14.4. The molecule has 3 nitrogen and oxygen atoms in total. The molecule has 18 heavy (non-hydrogen) atoms. The van der Waals surface area contributed by atoms with Gasteiger partial charge in [0.05, 0.1) is 4.90 Å². The minimum absolute atomic E-state index is 0.0572. The monoisotopic (exact) mass is 278 g/mol. The standard InChI is InChI=1S/C11H9F3O3S/c1-18(16,17)9-5-2-8(3-6-9)4-7-10(15)11(12,13)14/h2-7H,1H3/b7-4+. The Balaban J connectivity index is 2.89. The zero-order valence-corrected chi connectivity index (χ0v) is 10.0. The third-order valence-corrected chi connectivity index (χ3v) is 3.14. The highest BCUT2D eigenvalue weighted by Gasteiger charge is 2.35. The largest absolute Gasteiger partial charge is 0.454 e. The molecular weight excluding hydrogens is 269 g/mol. The van der Waals surface area contributed by atoms with Crippen LogP contribution >= 0.6 is 0 Å². The SMILES string of the molecule is CS(=O)(=O)c1ccc(/C=C/C(=O)C(F)(F)F)cc1. The fourth-order valence-electron chi connectivity index (χ4n) is 1.09. The zero-order valence-electron chi connectivity index (χ0n) is 9.23. The van der Waals surface area contributed by atoms with E-state index in [1.165, 1.54) is 24.3 Å². The Bertz CT molecular complexity index is 569. The summed E-state index contributed by atoms with van der Waals surface area (Å²) in [6.45, 7) is 0. The minimum Gasteiger partial charge on any atom is -0.285 e. The molecule has 0 heterocycles. The molecule has 0 aromatic heterocycles. The average molecular weight is 278 g/mol. The molecule has 0 saturated heterocycles. The molecule has 0 unspecified atom stereocenters. The van der Waals surface area contributed by atoms with Crippen molar-refractivity contribution in [3.8, 4) is 0 Å². The van der Waals surface area contributed by atoms with Crippen molar-refractivity contribution in [2.45, 2.75) is 11.1 Å². The van der Waals surface area contributed by atoms with Gasteiger partial charge in [-0.2, -0.15) is 13.2 Å². The number of benzene rings is 1. The Morgan fingerprint density at radius 3 is 2.06 bits per heavy atom. The van der Waals surface area contributed by atoms with Gasteiger partial charge in [-0.05, 0) is 23.8 Å². The fraction of sp³-hybridized carbons (Fsp3) is 0.182. The van der Waals surface area contributed by atoms with Crippen molar-refractivity contribution in [2.75, 3.05) is 6.26 Å². The highest BCUT2D eigenvalue weighted by Crippen LogP contribution is 2.17. The van der Waals surface area contributed by atoms with Crippen molar-refractivity contribution in [3.63, 3.8) is 0 Å². The highest BCUT2D eigenvalue weighted by atomic mass is 32.2. The lowest BCUT2D eigenvalue weighted by Crippen LogP contribution is -2.19. The van der Waals surface area contributed by atoms with Gasteiger partial charge in [-0.1, -0.05) is 18.2 Å². The fourth-order valence-corrected chi connectivity index (χ4v) is 1.72. The molecule has 1 aromatic rings. The number of hydrogen-bond donors (Lipinski definition) is 0. The van der Waals surface area contributed by atoms with Gasteiger partial charge in [0.1, 0.15) is 0 Å². The van der Waals surface area contributed by atoms with Crippen molar-refractivity contribution in [1.82, 2.24) is 0 Å². The van der Waals surface area contributed by atoms with Crippen LogP contribution in [0, 0.1) is 0 Å². The van der Waals surface area contributed by atoms with E-state index in [-0.39, 0.29) is 4.90 Å².